The molecule has 2 aromatic carbocycles. The number of benzene rings is 2. The highest BCUT2D eigenvalue weighted by Gasteiger charge is 2.11. The maximum absolute atomic E-state index is 13.3. The molecule has 21 heavy (non-hydrogen) atoms. The quantitative estimate of drug-likeness (QED) is 0.692. The fraction of sp³-hybridized carbons (Fsp3) is 0.0625. The van der Waals surface area contributed by atoms with Gasteiger partial charge >= 0.3 is 0 Å². The van der Waals surface area contributed by atoms with Crippen molar-refractivity contribution in [1.82, 2.24) is 9.78 Å². The molecule has 0 aliphatic carbocycles. The molecule has 0 aliphatic rings. The monoisotopic (exact) mass is 288 g/mol. The molecule has 0 saturated heterocycles. The Morgan fingerprint density at radius 3 is 2.00 bits per heavy atom. The Bertz CT molecular complexity index is 772. The van der Waals surface area contributed by atoms with Crippen LogP contribution >= 0.6 is 0 Å². The second-order valence-corrected chi connectivity index (χ2v) is 4.70. The molecule has 2 nitrogen and oxygen atoms in total. The van der Waals surface area contributed by atoms with E-state index in [1.807, 2.05) is 0 Å². The van der Waals surface area contributed by atoms with Gasteiger partial charge < -0.3 is 0 Å². The van der Waals surface area contributed by atoms with Gasteiger partial charge in [0.15, 0.2) is 0 Å². The molecule has 0 radical (unpaired) electrons. The van der Waals surface area contributed by atoms with Gasteiger partial charge in [-0.3, -0.25) is 4.68 Å². The molecule has 0 N–H and O–H groups in total. The van der Waals surface area contributed by atoms with Gasteiger partial charge in [0.25, 0.3) is 0 Å². The minimum Gasteiger partial charge on any atom is -0.267 e. The van der Waals surface area contributed by atoms with Gasteiger partial charge in [0, 0.05) is 18.7 Å². The second-order valence-electron chi connectivity index (χ2n) is 4.70. The Labute approximate surface area is 119 Å². The molecule has 0 unspecified atom stereocenters. The first-order chi connectivity index (χ1) is 10.0. The molecule has 0 bridgehead atoms. The zero-order valence-corrected chi connectivity index (χ0v) is 11.1. The standard InChI is InChI=1S/C16H11F3N2/c1-21-16(10-2-4-12(17)5-3-10)9-15(20-21)11-6-13(18)8-14(19)7-11/h2-9H,1H3. The van der Waals surface area contributed by atoms with Crippen molar-refractivity contribution in [2.24, 2.45) is 7.05 Å². The lowest BCUT2D eigenvalue weighted by atomic mass is 10.1. The van der Waals surface area contributed by atoms with E-state index < -0.39 is 11.6 Å². The summed E-state index contributed by atoms with van der Waals surface area (Å²) in [5.74, 6) is -1.63. The molecule has 0 amide bonds. The Morgan fingerprint density at radius 1 is 0.762 bits per heavy atom. The lowest BCUT2D eigenvalue weighted by Crippen LogP contribution is -1.94. The number of aromatic nitrogens is 2. The predicted molar refractivity (Wildman–Crippen MR) is 74.0 cm³/mol. The zero-order chi connectivity index (χ0) is 15.0. The van der Waals surface area contributed by atoms with E-state index in [-0.39, 0.29) is 5.82 Å². The highest BCUT2D eigenvalue weighted by molar-refractivity contribution is 5.68. The first-order valence-corrected chi connectivity index (χ1v) is 6.29. The zero-order valence-electron chi connectivity index (χ0n) is 11.1. The fourth-order valence-corrected chi connectivity index (χ4v) is 2.20. The summed E-state index contributed by atoms with van der Waals surface area (Å²) < 4.78 is 41.1. The van der Waals surface area contributed by atoms with Gasteiger partial charge in [-0.05, 0) is 48.0 Å². The number of hydrogen-bond donors (Lipinski definition) is 0. The summed E-state index contributed by atoms with van der Waals surface area (Å²) in [6, 6.07) is 10.9. The van der Waals surface area contributed by atoms with Crippen LogP contribution in [-0.4, -0.2) is 9.78 Å². The minimum absolute atomic E-state index is 0.326. The van der Waals surface area contributed by atoms with Crippen LogP contribution in [0.15, 0.2) is 48.5 Å². The molecular formula is C16H11F3N2. The summed E-state index contributed by atoms with van der Waals surface area (Å²) in [5, 5.41) is 4.25. The van der Waals surface area contributed by atoms with E-state index in [0.717, 1.165) is 17.3 Å². The first-order valence-electron chi connectivity index (χ1n) is 6.29. The van der Waals surface area contributed by atoms with E-state index in [2.05, 4.69) is 5.10 Å². The molecule has 0 spiro atoms. The summed E-state index contributed by atoms with van der Waals surface area (Å²) in [5.41, 5.74) is 2.32. The maximum Gasteiger partial charge on any atom is 0.126 e. The van der Waals surface area contributed by atoms with Crippen molar-refractivity contribution in [1.29, 1.82) is 0 Å². The molecule has 3 rings (SSSR count). The van der Waals surface area contributed by atoms with Crippen molar-refractivity contribution in [3.63, 3.8) is 0 Å². The summed E-state index contributed by atoms with van der Waals surface area (Å²) in [7, 11) is 1.72. The van der Waals surface area contributed by atoms with Crippen LogP contribution in [-0.2, 0) is 7.05 Å². The molecule has 106 valence electrons. The Kier molecular flexibility index (Phi) is 3.25. The average Bonchev–Trinajstić information content (AvgIpc) is 2.81. The molecule has 1 heterocycles. The normalized spacial score (nSPS) is 10.9. The van der Waals surface area contributed by atoms with E-state index in [1.54, 1.807) is 29.9 Å². The van der Waals surface area contributed by atoms with Crippen molar-refractivity contribution in [2.45, 2.75) is 0 Å². The van der Waals surface area contributed by atoms with E-state index in [1.165, 1.54) is 24.3 Å². The summed E-state index contributed by atoms with van der Waals surface area (Å²) in [4.78, 5) is 0. The van der Waals surface area contributed by atoms with E-state index in [4.69, 9.17) is 0 Å². The Hall–Kier alpha value is -2.56. The van der Waals surface area contributed by atoms with Crippen LogP contribution in [0.2, 0.25) is 0 Å². The molecular weight excluding hydrogens is 277 g/mol. The van der Waals surface area contributed by atoms with Crippen LogP contribution in [0, 0.1) is 17.5 Å². The van der Waals surface area contributed by atoms with Crippen LogP contribution in [0.4, 0.5) is 13.2 Å². The third-order valence-electron chi connectivity index (χ3n) is 3.18. The van der Waals surface area contributed by atoms with Gasteiger partial charge in [-0.1, -0.05) is 0 Å². The SMILES string of the molecule is Cn1nc(-c2cc(F)cc(F)c2)cc1-c1ccc(F)cc1. The van der Waals surface area contributed by atoms with Gasteiger partial charge in [-0.15, -0.1) is 0 Å². The Morgan fingerprint density at radius 2 is 1.38 bits per heavy atom. The number of nitrogens with zero attached hydrogens (tertiary/aromatic N) is 2. The van der Waals surface area contributed by atoms with Gasteiger partial charge in [-0.25, -0.2) is 13.2 Å². The van der Waals surface area contributed by atoms with Crippen molar-refractivity contribution in [2.75, 3.05) is 0 Å². The Balaban J connectivity index is 2.07. The predicted octanol–water partition coefficient (Wildman–Crippen LogP) is 4.17. The summed E-state index contributed by atoms with van der Waals surface area (Å²) >= 11 is 0. The highest BCUT2D eigenvalue weighted by Crippen LogP contribution is 2.26. The average molecular weight is 288 g/mol. The number of aryl methyl sites for hydroxylation is 1. The summed E-state index contributed by atoms with van der Waals surface area (Å²) in [6.45, 7) is 0. The van der Waals surface area contributed by atoms with Gasteiger partial charge in [0.2, 0.25) is 0 Å². The first kappa shape index (κ1) is 13.4. The van der Waals surface area contributed by atoms with Crippen LogP contribution in [0.1, 0.15) is 0 Å². The highest BCUT2D eigenvalue weighted by atomic mass is 19.1. The van der Waals surface area contributed by atoms with Gasteiger partial charge in [0.05, 0.1) is 11.4 Å². The van der Waals surface area contributed by atoms with E-state index in [0.29, 0.717) is 11.3 Å². The smallest absolute Gasteiger partial charge is 0.126 e. The fourth-order valence-electron chi connectivity index (χ4n) is 2.20. The summed E-state index contributed by atoms with van der Waals surface area (Å²) in [6.07, 6.45) is 0. The van der Waals surface area contributed by atoms with Gasteiger partial charge in [0.1, 0.15) is 17.5 Å². The maximum atomic E-state index is 13.3. The van der Waals surface area contributed by atoms with Crippen molar-refractivity contribution < 1.29 is 13.2 Å². The van der Waals surface area contributed by atoms with Crippen LogP contribution in [0.3, 0.4) is 0 Å². The molecule has 5 heteroatoms. The van der Waals surface area contributed by atoms with E-state index >= 15 is 0 Å². The van der Waals surface area contributed by atoms with Crippen LogP contribution in [0.5, 0.6) is 0 Å². The van der Waals surface area contributed by atoms with Crippen LogP contribution < -0.4 is 0 Å². The third-order valence-corrected chi connectivity index (χ3v) is 3.18. The largest absolute Gasteiger partial charge is 0.267 e. The number of halogens is 3. The molecule has 1 aromatic heterocycles. The lowest BCUT2D eigenvalue weighted by molar-refractivity contribution is 0.584. The van der Waals surface area contributed by atoms with Crippen molar-refractivity contribution in [3.05, 3.63) is 66.0 Å². The topological polar surface area (TPSA) is 17.8 Å². The molecule has 0 atom stereocenters. The molecule has 0 saturated carbocycles. The van der Waals surface area contributed by atoms with Gasteiger partial charge in [-0.2, -0.15) is 5.10 Å². The molecule has 3 aromatic rings. The van der Waals surface area contributed by atoms with Crippen molar-refractivity contribution >= 4 is 0 Å². The van der Waals surface area contributed by atoms with E-state index in [9.17, 15) is 13.2 Å². The lowest BCUT2D eigenvalue weighted by Gasteiger charge is -2.00. The second kappa shape index (κ2) is 5.09. The number of rotatable bonds is 2. The van der Waals surface area contributed by atoms with Crippen LogP contribution in [0.25, 0.3) is 22.5 Å². The van der Waals surface area contributed by atoms with Crippen molar-refractivity contribution in [3.8, 4) is 22.5 Å². The molecule has 0 fully saturated rings. The number of hydrogen-bond acceptors (Lipinski definition) is 1. The molecule has 0 aliphatic heterocycles. The third kappa shape index (κ3) is 2.67. The minimum atomic E-state index is -0.654.